The minimum Gasteiger partial charge on any atom is -0.435 e. The molecule has 3 amide bonds. The smallest absolute Gasteiger partial charge is 0.336 e. The van der Waals surface area contributed by atoms with Gasteiger partial charge < -0.3 is 4.74 Å². The molecule has 7 heteroatoms. The van der Waals surface area contributed by atoms with Crippen LogP contribution >= 0.6 is 0 Å². The monoisotopic (exact) mass is 440 g/mol. The van der Waals surface area contributed by atoms with Crippen LogP contribution in [0, 0.1) is 0 Å². The van der Waals surface area contributed by atoms with Crippen LogP contribution in [0.25, 0.3) is 0 Å². The van der Waals surface area contributed by atoms with Gasteiger partial charge in [0.25, 0.3) is 17.7 Å². The second kappa shape index (κ2) is 7.70. The molecule has 0 aromatic heterocycles. The zero-order valence-electron chi connectivity index (χ0n) is 17.8. The molecule has 3 aromatic rings. The third-order valence-electron chi connectivity index (χ3n) is 6.09. The van der Waals surface area contributed by atoms with Crippen LogP contribution < -0.4 is 0 Å². The van der Waals surface area contributed by atoms with Gasteiger partial charge >= 0.3 is 5.97 Å². The fraction of sp³-hybridized carbons (Fsp3) is 0.154. The van der Waals surface area contributed by atoms with Crippen LogP contribution in [0.3, 0.4) is 0 Å². The van der Waals surface area contributed by atoms with Gasteiger partial charge in [-0.25, -0.2) is 4.79 Å². The number of imide groups is 1. The molecule has 0 saturated carbocycles. The molecule has 2 unspecified atom stereocenters. The van der Waals surface area contributed by atoms with Gasteiger partial charge in [-0.05, 0) is 31.2 Å². The van der Waals surface area contributed by atoms with Gasteiger partial charge in [-0.3, -0.25) is 24.2 Å². The van der Waals surface area contributed by atoms with Crippen LogP contribution in [0.1, 0.15) is 49.8 Å². The van der Waals surface area contributed by atoms with Gasteiger partial charge in [-0.2, -0.15) is 0 Å². The van der Waals surface area contributed by atoms with E-state index in [0.29, 0.717) is 11.1 Å². The van der Waals surface area contributed by atoms with E-state index in [9.17, 15) is 19.2 Å². The second-order valence-corrected chi connectivity index (χ2v) is 8.23. The largest absolute Gasteiger partial charge is 0.435 e. The molecule has 2 atom stereocenters. The molecule has 7 nitrogen and oxygen atoms in total. The highest BCUT2D eigenvalue weighted by Gasteiger charge is 2.57. The van der Waals surface area contributed by atoms with Gasteiger partial charge in [0.15, 0.2) is 5.54 Å². The van der Waals surface area contributed by atoms with Crippen LogP contribution in [-0.2, 0) is 9.53 Å². The van der Waals surface area contributed by atoms with Crippen LogP contribution in [0.5, 0.6) is 0 Å². The lowest BCUT2D eigenvalue weighted by molar-refractivity contribution is -0.145. The van der Waals surface area contributed by atoms with Gasteiger partial charge in [0.1, 0.15) is 0 Å². The number of esters is 1. The van der Waals surface area contributed by atoms with Crippen molar-refractivity contribution in [2.24, 2.45) is 0 Å². The molecule has 0 bridgehead atoms. The molecule has 2 aliphatic rings. The highest BCUT2D eigenvalue weighted by atomic mass is 16.6. The molecule has 1 saturated heterocycles. The first-order valence-electron chi connectivity index (χ1n) is 10.5. The van der Waals surface area contributed by atoms with E-state index < -0.39 is 35.5 Å². The standard InChI is InChI=1S/C26H20N2O5/c1-26(16-27-22(30)19-14-8-9-15-20(19)23(27)31)25(32)33-24(18-12-6-3-7-13-18)28(26)21(29)17-10-4-2-5-11-17/h2-15,24H,16H2,1H3. The fourth-order valence-corrected chi connectivity index (χ4v) is 4.35. The van der Waals surface area contributed by atoms with Crippen molar-refractivity contribution in [1.29, 1.82) is 0 Å². The maximum atomic E-state index is 13.7. The van der Waals surface area contributed by atoms with E-state index in [0.717, 1.165) is 4.90 Å². The zero-order chi connectivity index (χ0) is 23.2. The Morgan fingerprint density at radius 2 is 1.33 bits per heavy atom. The molecule has 2 aliphatic heterocycles. The lowest BCUT2D eigenvalue weighted by Crippen LogP contribution is -2.57. The normalized spacial score (nSPS) is 21.8. The summed E-state index contributed by atoms with van der Waals surface area (Å²) in [6.07, 6.45) is -0.994. The number of amides is 3. The molecule has 0 spiro atoms. The molecule has 3 aromatic carbocycles. The topological polar surface area (TPSA) is 84.0 Å². The molecule has 1 fully saturated rings. The predicted molar refractivity (Wildman–Crippen MR) is 118 cm³/mol. The van der Waals surface area contributed by atoms with Crippen molar-refractivity contribution >= 4 is 23.7 Å². The van der Waals surface area contributed by atoms with E-state index in [1.807, 2.05) is 6.07 Å². The van der Waals surface area contributed by atoms with Crippen molar-refractivity contribution in [1.82, 2.24) is 9.80 Å². The Morgan fingerprint density at radius 1 is 0.818 bits per heavy atom. The Bertz CT molecular complexity index is 1240. The number of carbonyl (C=O) groups is 4. The number of fused-ring (bicyclic) bond motifs is 1. The number of ether oxygens (including phenoxy) is 1. The lowest BCUT2D eigenvalue weighted by Gasteiger charge is -2.35. The summed E-state index contributed by atoms with van der Waals surface area (Å²) in [5, 5.41) is 0. The average molecular weight is 440 g/mol. The van der Waals surface area contributed by atoms with E-state index in [-0.39, 0.29) is 17.7 Å². The van der Waals surface area contributed by atoms with Gasteiger partial charge in [0.05, 0.1) is 17.7 Å². The SMILES string of the molecule is CC1(CN2C(=O)c3ccccc3C2=O)C(=O)OC(c2ccccc2)N1C(=O)c1ccccc1. The maximum absolute atomic E-state index is 13.7. The quantitative estimate of drug-likeness (QED) is 0.458. The van der Waals surface area contributed by atoms with Crippen LogP contribution in [-0.4, -0.2) is 45.6 Å². The third kappa shape index (κ3) is 3.20. The number of carbonyl (C=O) groups excluding carboxylic acids is 4. The number of cyclic esters (lactones) is 1. The van der Waals surface area contributed by atoms with E-state index in [4.69, 9.17) is 4.74 Å². The molecule has 0 aliphatic carbocycles. The Kier molecular flexibility index (Phi) is 4.82. The van der Waals surface area contributed by atoms with E-state index in [1.165, 1.54) is 11.8 Å². The lowest BCUT2D eigenvalue weighted by atomic mass is 9.97. The predicted octanol–water partition coefficient (Wildman–Crippen LogP) is 3.44. The maximum Gasteiger partial charge on any atom is 0.336 e. The van der Waals surface area contributed by atoms with Crippen molar-refractivity contribution in [3.8, 4) is 0 Å². The van der Waals surface area contributed by atoms with Crippen molar-refractivity contribution in [3.05, 3.63) is 107 Å². The first-order chi connectivity index (χ1) is 15.9. The van der Waals surface area contributed by atoms with Crippen molar-refractivity contribution < 1.29 is 23.9 Å². The highest BCUT2D eigenvalue weighted by Crippen LogP contribution is 2.41. The molecule has 2 heterocycles. The molecular weight excluding hydrogens is 420 g/mol. The number of rotatable bonds is 4. The number of hydrogen-bond donors (Lipinski definition) is 0. The van der Waals surface area contributed by atoms with Gasteiger partial charge in [0.2, 0.25) is 6.23 Å². The number of hydrogen-bond acceptors (Lipinski definition) is 5. The van der Waals surface area contributed by atoms with Crippen LogP contribution in [0.15, 0.2) is 84.9 Å². The Labute approximate surface area is 190 Å². The molecule has 0 radical (unpaired) electrons. The minimum atomic E-state index is -1.58. The summed E-state index contributed by atoms with van der Waals surface area (Å²) in [7, 11) is 0. The zero-order valence-corrected chi connectivity index (χ0v) is 17.8. The fourth-order valence-electron chi connectivity index (χ4n) is 4.35. The third-order valence-corrected chi connectivity index (χ3v) is 6.09. The van der Waals surface area contributed by atoms with E-state index >= 15 is 0 Å². The summed E-state index contributed by atoms with van der Waals surface area (Å²) in [4.78, 5) is 55.2. The summed E-state index contributed by atoms with van der Waals surface area (Å²) in [5.74, 6) is -2.12. The Balaban J connectivity index is 1.57. The molecule has 0 N–H and O–H groups in total. The highest BCUT2D eigenvalue weighted by molar-refractivity contribution is 6.21. The van der Waals surface area contributed by atoms with Gasteiger partial charge in [-0.1, -0.05) is 60.7 Å². The van der Waals surface area contributed by atoms with Crippen molar-refractivity contribution in [2.75, 3.05) is 6.54 Å². The molecular formula is C26H20N2O5. The number of benzene rings is 3. The summed E-state index contributed by atoms with van der Waals surface area (Å²) >= 11 is 0. The first-order valence-corrected chi connectivity index (χ1v) is 10.5. The molecule has 33 heavy (non-hydrogen) atoms. The summed E-state index contributed by atoms with van der Waals surface area (Å²) < 4.78 is 5.69. The Hall–Kier alpha value is -4.26. The van der Waals surface area contributed by atoms with E-state index in [1.54, 1.807) is 78.9 Å². The van der Waals surface area contributed by atoms with Crippen LogP contribution in [0.2, 0.25) is 0 Å². The van der Waals surface area contributed by atoms with Crippen molar-refractivity contribution in [3.63, 3.8) is 0 Å². The summed E-state index contributed by atoms with van der Waals surface area (Å²) in [6.45, 7) is 1.21. The first kappa shape index (κ1) is 20.6. The van der Waals surface area contributed by atoms with Gasteiger partial charge in [-0.15, -0.1) is 0 Å². The summed E-state index contributed by atoms with van der Waals surface area (Å²) in [6, 6.07) is 24.0. The average Bonchev–Trinajstić information content (AvgIpc) is 3.25. The second-order valence-electron chi connectivity index (χ2n) is 8.23. The van der Waals surface area contributed by atoms with Gasteiger partial charge in [0, 0.05) is 11.1 Å². The van der Waals surface area contributed by atoms with E-state index in [2.05, 4.69) is 0 Å². The van der Waals surface area contributed by atoms with Crippen molar-refractivity contribution in [2.45, 2.75) is 18.7 Å². The Morgan fingerprint density at radius 3 is 1.91 bits per heavy atom. The van der Waals surface area contributed by atoms with Crippen LogP contribution in [0.4, 0.5) is 0 Å². The minimum absolute atomic E-state index is 0.276. The number of nitrogens with zero attached hydrogens (tertiary/aromatic N) is 2. The molecule has 164 valence electrons. The molecule has 5 rings (SSSR count). The summed E-state index contributed by atoms with van der Waals surface area (Å²) in [5.41, 5.74) is -0.0524.